The molecule has 0 bridgehead atoms. The second kappa shape index (κ2) is 5.03. The van der Waals surface area contributed by atoms with Gasteiger partial charge in [-0.05, 0) is 25.7 Å². The average Bonchev–Trinajstić information content (AvgIpc) is 2.88. The number of aryl methyl sites for hydroxylation is 1. The lowest BCUT2D eigenvalue weighted by molar-refractivity contribution is 0.244. The Labute approximate surface area is 107 Å². The minimum atomic E-state index is -3.52. The van der Waals surface area contributed by atoms with Crippen molar-refractivity contribution in [2.24, 2.45) is 5.92 Å². The highest BCUT2D eigenvalue weighted by Gasteiger charge is 2.39. The first-order valence-electron chi connectivity index (χ1n) is 6.20. The van der Waals surface area contributed by atoms with Gasteiger partial charge in [0.05, 0.1) is 0 Å². The number of nitrogens with one attached hydrogen (secondary N) is 1. The van der Waals surface area contributed by atoms with E-state index in [4.69, 9.17) is 9.52 Å². The summed E-state index contributed by atoms with van der Waals surface area (Å²) in [4.78, 5) is 0.133. The average molecular weight is 273 g/mol. The summed E-state index contributed by atoms with van der Waals surface area (Å²) < 4.78 is 32.1. The topological polar surface area (TPSA) is 79.5 Å². The van der Waals surface area contributed by atoms with E-state index in [-0.39, 0.29) is 23.3 Å². The molecule has 1 aromatic rings. The summed E-state index contributed by atoms with van der Waals surface area (Å²) in [5, 5.41) is 8.94. The molecule has 6 heteroatoms. The number of sulfonamides is 1. The fourth-order valence-corrected chi connectivity index (χ4v) is 3.73. The molecule has 2 atom stereocenters. The third-order valence-corrected chi connectivity index (χ3v) is 4.85. The molecular formula is C12H19NO4S. The minimum Gasteiger partial charge on any atom is -0.462 e. The summed E-state index contributed by atoms with van der Waals surface area (Å²) >= 11 is 0. The Morgan fingerprint density at radius 1 is 1.56 bits per heavy atom. The lowest BCUT2D eigenvalue weighted by Gasteiger charge is -2.04. The van der Waals surface area contributed by atoms with Gasteiger partial charge in [0.1, 0.15) is 23.0 Å². The molecule has 2 N–H and O–H groups in total. The largest absolute Gasteiger partial charge is 0.462 e. The van der Waals surface area contributed by atoms with E-state index in [9.17, 15) is 8.42 Å². The molecule has 1 aliphatic rings. The van der Waals surface area contributed by atoms with E-state index in [2.05, 4.69) is 11.6 Å². The molecule has 1 aromatic heterocycles. The Kier molecular flexibility index (Phi) is 3.79. The molecule has 102 valence electrons. The Morgan fingerprint density at radius 2 is 2.28 bits per heavy atom. The number of aliphatic hydroxyl groups excluding tert-OH is 1. The molecule has 0 aliphatic heterocycles. The molecule has 0 aromatic carbocycles. The predicted molar refractivity (Wildman–Crippen MR) is 66.5 cm³/mol. The van der Waals surface area contributed by atoms with E-state index in [1.165, 1.54) is 6.07 Å². The Balaban J connectivity index is 2.09. The zero-order chi connectivity index (χ0) is 13.3. The standard InChI is InChI=1S/C12H19NO4S/c1-3-4-9-5-11(9)13-18(15,16)12-6-10(7-14)17-8(12)2/h6,9,11,13-14H,3-5,7H2,1-2H3. The van der Waals surface area contributed by atoms with E-state index in [0.717, 1.165) is 19.3 Å². The maximum atomic E-state index is 12.1. The highest BCUT2D eigenvalue weighted by Crippen LogP contribution is 2.36. The van der Waals surface area contributed by atoms with Crippen LogP contribution in [0.15, 0.2) is 15.4 Å². The number of hydrogen-bond donors (Lipinski definition) is 2. The van der Waals surface area contributed by atoms with E-state index < -0.39 is 10.0 Å². The van der Waals surface area contributed by atoms with E-state index >= 15 is 0 Å². The molecule has 2 unspecified atom stereocenters. The Morgan fingerprint density at radius 3 is 2.83 bits per heavy atom. The van der Waals surface area contributed by atoms with E-state index in [1.54, 1.807) is 6.92 Å². The molecule has 0 amide bonds. The van der Waals surface area contributed by atoms with Gasteiger partial charge in [-0.2, -0.15) is 0 Å². The molecule has 1 fully saturated rings. The van der Waals surface area contributed by atoms with Gasteiger partial charge < -0.3 is 9.52 Å². The van der Waals surface area contributed by atoms with Crippen molar-refractivity contribution in [1.29, 1.82) is 0 Å². The SMILES string of the molecule is CCCC1CC1NS(=O)(=O)c1cc(CO)oc1C. The van der Waals surface area contributed by atoms with Crippen LogP contribution < -0.4 is 4.72 Å². The van der Waals surface area contributed by atoms with Crippen LogP contribution in [0.25, 0.3) is 0 Å². The molecule has 2 rings (SSSR count). The van der Waals surface area contributed by atoms with Gasteiger partial charge in [0.15, 0.2) is 0 Å². The fraction of sp³-hybridized carbons (Fsp3) is 0.667. The van der Waals surface area contributed by atoms with Crippen LogP contribution in [0.3, 0.4) is 0 Å². The molecule has 0 saturated heterocycles. The highest BCUT2D eigenvalue weighted by atomic mass is 32.2. The molecule has 0 radical (unpaired) electrons. The molecule has 18 heavy (non-hydrogen) atoms. The van der Waals surface area contributed by atoms with Crippen molar-refractivity contribution in [3.63, 3.8) is 0 Å². The number of hydrogen-bond acceptors (Lipinski definition) is 4. The number of furan rings is 1. The molecular weight excluding hydrogens is 254 g/mol. The monoisotopic (exact) mass is 273 g/mol. The molecule has 1 saturated carbocycles. The zero-order valence-electron chi connectivity index (χ0n) is 10.6. The zero-order valence-corrected chi connectivity index (χ0v) is 11.5. The molecule has 0 spiro atoms. The van der Waals surface area contributed by atoms with Crippen LogP contribution >= 0.6 is 0 Å². The van der Waals surface area contributed by atoms with Crippen molar-refractivity contribution in [2.45, 2.75) is 50.7 Å². The second-order valence-electron chi connectivity index (χ2n) is 4.80. The van der Waals surface area contributed by atoms with Gasteiger partial charge in [-0.15, -0.1) is 0 Å². The summed E-state index contributed by atoms with van der Waals surface area (Å²) in [5.74, 6) is 1.06. The second-order valence-corrected chi connectivity index (χ2v) is 6.49. The molecule has 5 nitrogen and oxygen atoms in total. The normalized spacial score (nSPS) is 23.3. The van der Waals surface area contributed by atoms with Crippen LogP contribution in [0.1, 0.15) is 37.7 Å². The molecule has 1 heterocycles. The van der Waals surface area contributed by atoms with Crippen LogP contribution in [0.5, 0.6) is 0 Å². The van der Waals surface area contributed by atoms with Gasteiger partial charge >= 0.3 is 0 Å². The van der Waals surface area contributed by atoms with Gasteiger partial charge in [0.25, 0.3) is 0 Å². The third kappa shape index (κ3) is 2.76. The molecule has 1 aliphatic carbocycles. The van der Waals surface area contributed by atoms with Crippen LogP contribution in [-0.2, 0) is 16.6 Å². The predicted octanol–water partition coefficient (Wildman–Crippen LogP) is 1.55. The minimum absolute atomic E-state index is 0.0572. The van der Waals surface area contributed by atoms with Gasteiger partial charge in [-0.25, -0.2) is 13.1 Å². The van der Waals surface area contributed by atoms with Gasteiger partial charge in [-0.1, -0.05) is 13.3 Å². The summed E-state index contributed by atoms with van der Waals surface area (Å²) in [6.07, 6.45) is 3.04. The smallest absolute Gasteiger partial charge is 0.244 e. The van der Waals surface area contributed by atoms with Crippen molar-refractivity contribution >= 4 is 10.0 Å². The first-order chi connectivity index (χ1) is 8.47. The summed E-state index contributed by atoms with van der Waals surface area (Å²) in [7, 11) is -3.52. The summed E-state index contributed by atoms with van der Waals surface area (Å²) in [6.45, 7) is 3.39. The quantitative estimate of drug-likeness (QED) is 0.824. The van der Waals surface area contributed by atoms with E-state index in [0.29, 0.717) is 11.7 Å². The van der Waals surface area contributed by atoms with Crippen molar-refractivity contribution in [3.05, 3.63) is 17.6 Å². The summed E-state index contributed by atoms with van der Waals surface area (Å²) in [5.41, 5.74) is 0. The van der Waals surface area contributed by atoms with Crippen molar-refractivity contribution in [2.75, 3.05) is 0 Å². The fourth-order valence-electron chi connectivity index (χ4n) is 2.21. The van der Waals surface area contributed by atoms with Crippen molar-refractivity contribution in [1.82, 2.24) is 4.72 Å². The lowest BCUT2D eigenvalue weighted by atomic mass is 10.2. The van der Waals surface area contributed by atoms with Gasteiger partial charge in [0, 0.05) is 12.1 Å². The van der Waals surface area contributed by atoms with Gasteiger partial charge in [-0.3, -0.25) is 0 Å². The summed E-state index contributed by atoms with van der Waals surface area (Å²) in [6, 6.07) is 1.44. The number of rotatable bonds is 6. The van der Waals surface area contributed by atoms with Crippen LogP contribution in [0.2, 0.25) is 0 Å². The van der Waals surface area contributed by atoms with Gasteiger partial charge in [0.2, 0.25) is 10.0 Å². The van der Waals surface area contributed by atoms with Crippen LogP contribution in [0.4, 0.5) is 0 Å². The lowest BCUT2D eigenvalue weighted by Crippen LogP contribution is -2.27. The highest BCUT2D eigenvalue weighted by molar-refractivity contribution is 7.89. The first kappa shape index (κ1) is 13.6. The van der Waals surface area contributed by atoms with Crippen LogP contribution in [0, 0.1) is 12.8 Å². The Bertz CT molecular complexity index is 520. The van der Waals surface area contributed by atoms with Crippen molar-refractivity contribution in [3.8, 4) is 0 Å². The third-order valence-electron chi connectivity index (χ3n) is 3.26. The maximum Gasteiger partial charge on any atom is 0.244 e. The Hall–Kier alpha value is -0.850. The van der Waals surface area contributed by atoms with Crippen LogP contribution in [-0.4, -0.2) is 19.6 Å². The number of aliphatic hydroxyl groups is 1. The maximum absolute atomic E-state index is 12.1. The van der Waals surface area contributed by atoms with Crippen molar-refractivity contribution < 1.29 is 17.9 Å². The van der Waals surface area contributed by atoms with E-state index in [1.807, 2.05) is 0 Å². The first-order valence-corrected chi connectivity index (χ1v) is 7.68.